The van der Waals surface area contributed by atoms with Crippen molar-refractivity contribution >= 4 is 5.91 Å². The van der Waals surface area contributed by atoms with Crippen molar-refractivity contribution in [1.29, 1.82) is 0 Å². The molecule has 0 saturated heterocycles. The third-order valence-electron chi connectivity index (χ3n) is 3.32. The highest BCUT2D eigenvalue weighted by Crippen LogP contribution is 2.06. The summed E-state index contributed by atoms with van der Waals surface area (Å²) >= 11 is 0. The van der Waals surface area contributed by atoms with E-state index in [0.717, 1.165) is 5.56 Å². The molecule has 1 aromatic carbocycles. The molecule has 3 aromatic rings. The fourth-order valence-corrected chi connectivity index (χ4v) is 2.05. The lowest BCUT2D eigenvalue weighted by Gasteiger charge is -2.06. The van der Waals surface area contributed by atoms with Gasteiger partial charge >= 0.3 is 0 Å². The smallest absolute Gasteiger partial charge is 0.253 e. The van der Waals surface area contributed by atoms with Crippen LogP contribution in [0, 0.1) is 6.92 Å². The van der Waals surface area contributed by atoms with Crippen LogP contribution in [0.4, 0.5) is 0 Å². The second-order valence-corrected chi connectivity index (χ2v) is 5.02. The number of aromatic nitrogens is 3. The molecule has 2 heterocycles. The van der Waals surface area contributed by atoms with Crippen molar-refractivity contribution in [2.45, 2.75) is 13.5 Å². The van der Waals surface area contributed by atoms with Crippen LogP contribution >= 0.6 is 0 Å². The van der Waals surface area contributed by atoms with Crippen LogP contribution in [0.3, 0.4) is 0 Å². The van der Waals surface area contributed by atoms with Crippen molar-refractivity contribution in [1.82, 2.24) is 20.1 Å². The molecule has 0 aliphatic rings. The molecule has 0 radical (unpaired) electrons. The van der Waals surface area contributed by atoms with Gasteiger partial charge in [-0.15, -0.1) is 0 Å². The van der Waals surface area contributed by atoms with Crippen molar-refractivity contribution in [3.05, 3.63) is 77.7 Å². The van der Waals surface area contributed by atoms with E-state index in [9.17, 15) is 4.79 Å². The predicted molar refractivity (Wildman–Crippen MR) is 83.7 cm³/mol. The molecule has 1 amide bonds. The summed E-state index contributed by atoms with van der Waals surface area (Å²) in [6.45, 7) is 2.54. The van der Waals surface area contributed by atoms with Crippen LogP contribution in [0.5, 0.6) is 0 Å². The number of amides is 1. The largest absolute Gasteiger partial charge is 0.348 e. The van der Waals surface area contributed by atoms with E-state index in [1.807, 2.05) is 37.3 Å². The Morgan fingerprint density at radius 1 is 1.18 bits per heavy atom. The summed E-state index contributed by atoms with van der Waals surface area (Å²) in [5, 5.41) is 6.99. The number of benzene rings is 1. The number of carbonyl (C=O) groups is 1. The van der Waals surface area contributed by atoms with Crippen LogP contribution in [-0.4, -0.2) is 20.7 Å². The minimum atomic E-state index is -0.139. The van der Waals surface area contributed by atoms with Crippen LogP contribution in [-0.2, 0) is 6.54 Å². The number of hydrogen-bond donors (Lipinski definition) is 1. The van der Waals surface area contributed by atoms with E-state index in [4.69, 9.17) is 0 Å². The van der Waals surface area contributed by atoms with Crippen molar-refractivity contribution < 1.29 is 4.79 Å². The number of nitrogens with one attached hydrogen (secondary N) is 1. The van der Waals surface area contributed by atoms with Crippen molar-refractivity contribution in [2.24, 2.45) is 0 Å². The van der Waals surface area contributed by atoms with E-state index in [0.29, 0.717) is 17.9 Å². The van der Waals surface area contributed by atoms with Crippen molar-refractivity contribution in [2.75, 3.05) is 0 Å². The highest BCUT2D eigenvalue weighted by Gasteiger charge is 2.06. The summed E-state index contributed by atoms with van der Waals surface area (Å²) in [7, 11) is 0. The number of nitrogens with zero attached hydrogens (tertiary/aromatic N) is 3. The lowest BCUT2D eigenvalue weighted by atomic mass is 10.1. The molecular weight excluding hydrogens is 276 g/mol. The topological polar surface area (TPSA) is 59.8 Å². The first kappa shape index (κ1) is 14.0. The summed E-state index contributed by atoms with van der Waals surface area (Å²) in [6, 6.07) is 13.4. The molecule has 0 fully saturated rings. The van der Waals surface area contributed by atoms with Gasteiger partial charge in [0.1, 0.15) is 0 Å². The molecule has 5 nitrogen and oxygen atoms in total. The van der Waals surface area contributed by atoms with Crippen molar-refractivity contribution in [3.63, 3.8) is 0 Å². The normalized spacial score (nSPS) is 10.4. The van der Waals surface area contributed by atoms with Gasteiger partial charge < -0.3 is 5.32 Å². The van der Waals surface area contributed by atoms with Crippen molar-refractivity contribution in [3.8, 4) is 5.82 Å². The van der Waals surface area contributed by atoms with Gasteiger partial charge in [-0.1, -0.05) is 29.8 Å². The second kappa shape index (κ2) is 6.22. The SMILES string of the molecule is Cc1ccc(CNC(=O)c2ccc(-n3cccn3)nc2)cc1. The Morgan fingerprint density at radius 3 is 2.64 bits per heavy atom. The predicted octanol–water partition coefficient (Wildman–Crippen LogP) is 2.51. The molecule has 22 heavy (non-hydrogen) atoms. The lowest BCUT2D eigenvalue weighted by molar-refractivity contribution is 0.0950. The van der Waals surface area contributed by atoms with E-state index < -0.39 is 0 Å². The average Bonchev–Trinajstić information content (AvgIpc) is 3.09. The molecule has 0 aliphatic heterocycles. The maximum Gasteiger partial charge on any atom is 0.253 e. The third kappa shape index (κ3) is 3.20. The van der Waals surface area contributed by atoms with Crippen LogP contribution < -0.4 is 5.32 Å². The third-order valence-corrected chi connectivity index (χ3v) is 3.32. The molecule has 0 aliphatic carbocycles. The number of carbonyl (C=O) groups excluding carboxylic acids is 1. The van der Waals surface area contributed by atoms with Crippen LogP contribution in [0.1, 0.15) is 21.5 Å². The van der Waals surface area contributed by atoms with Gasteiger partial charge in [0.05, 0.1) is 5.56 Å². The van der Waals surface area contributed by atoms with Crippen LogP contribution in [0.15, 0.2) is 61.1 Å². The first-order chi connectivity index (χ1) is 10.7. The fourth-order valence-electron chi connectivity index (χ4n) is 2.05. The quantitative estimate of drug-likeness (QED) is 0.803. The molecule has 0 saturated carbocycles. The van der Waals surface area contributed by atoms with Crippen LogP contribution in [0.2, 0.25) is 0 Å². The van der Waals surface area contributed by atoms with Gasteiger partial charge in [-0.2, -0.15) is 5.10 Å². The summed E-state index contributed by atoms with van der Waals surface area (Å²) in [6.07, 6.45) is 5.05. The molecular formula is C17H16N4O. The zero-order chi connectivity index (χ0) is 15.4. The average molecular weight is 292 g/mol. The molecule has 3 rings (SSSR count). The lowest BCUT2D eigenvalue weighted by Crippen LogP contribution is -2.23. The zero-order valence-corrected chi connectivity index (χ0v) is 12.2. The molecule has 0 unspecified atom stereocenters. The minimum absolute atomic E-state index is 0.139. The molecule has 5 heteroatoms. The Balaban J connectivity index is 1.63. The summed E-state index contributed by atoms with van der Waals surface area (Å²) in [5.74, 6) is 0.542. The van der Waals surface area contributed by atoms with Gasteiger partial charge in [0.25, 0.3) is 5.91 Å². The second-order valence-electron chi connectivity index (χ2n) is 5.02. The van der Waals surface area contributed by atoms with E-state index >= 15 is 0 Å². The Bertz CT molecular complexity index is 746. The highest BCUT2D eigenvalue weighted by molar-refractivity contribution is 5.93. The van der Waals surface area contributed by atoms with E-state index in [2.05, 4.69) is 15.4 Å². The Morgan fingerprint density at radius 2 is 2.00 bits per heavy atom. The molecule has 0 atom stereocenters. The number of aryl methyl sites for hydroxylation is 1. The Labute approximate surface area is 128 Å². The van der Waals surface area contributed by atoms with Gasteiger partial charge in [0.15, 0.2) is 5.82 Å². The monoisotopic (exact) mass is 292 g/mol. The van der Waals surface area contributed by atoms with E-state index in [1.165, 1.54) is 5.56 Å². The van der Waals surface area contributed by atoms with E-state index in [-0.39, 0.29) is 5.91 Å². The van der Waals surface area contributed by atoms with Gasteiger partial charge in [0.2, 0.25) is 0 Å². The maximum absolute atomic E-state index is 12.1. The summed E-state index contributed by atoms with van der Waals surface area (Å²) in [4.78, 5) is 16.4. The first-order valence-electron chi connectivity index (χ1n) is 7.02. The maximum atomic E-state index is 12.1. The van der Waals surface area contributed by atoms with Gasteiger partial charge in [0, 0.05) is 25.1 Å². The van der Waals surface area contributed by atoms with Gasteiger partial charge in [-0.05, 0) is 30.7 Å². The minimum Gasteiger partial charge on any atom is -0.348 e. The summed E-state index contributed by atoms with van der Waals surface area (Å²) in [5.41, 5.74) is 2.80. The Hall–Kier alpha value is -2.95. The standard InChI is InChI=1S/C17H16N4O/c1-13-3-5-14(6-4-13)11-19-17(22)15-7-8-16(18-12-15)21-10-2-9-20-21/h2-10,12H,11H2,1H3,(H,19,22). The number of rotatable bonds is 4. The zero-order valence-electron chi connectivity index (χ0n) is 12.2. The van der Waals surface area contributed by atoms with E-state index in [1.54, 1.807) is 35.4 Å². The molecule has 0 bridgehead atoms. The van der Waals surface area contributed by atoms with Crippen LogP contribution in [0.25, 0.3) is 5.82 Å². The molecule has 1 N–H and O–H groups in total. The number of pyridine rings is 1. The summed E-state index contributed by atoms with van der Waals surface area (Å²) < 4.78 is 1.65. The molecule has 110 valence electrons. The van der Waals surface area contributed by atoms with Gasteiger partial charge in [-0.3, -0.25) is 4.79 Å². The fraction of sp³-hybridized carbons (Fsp3) is 0.118. The molecule has 0 spiro atoms. The first-order valence-corrected chi connectivity index (χ1v) is 7.02. The highest BCUT2D eigenvalue weighted by atomic mass is 16.1. The van der Waals surface area contributed by atoms with Gasteiger partial charge in [-0.25, -0.2) is 9.67 Å². The molecule has 2 aromatic heterocycles. The number of hydrogen-bond acceptors (Lipinski definition) is 3. The Kier molecular flexibility index (Phi) is 3.96.